The molecular formula is C19H20F3N3O6. The number of pyridine rings is 1. The summed E-state index contributed by atoms with van der Waals surface area (Å²) in [6, 6.07) is 5.77. The monoisotopic (exact) mass is 443 g/mol. The van der Waals surface area contributed by atoms with Crippen LogP contribution >= 0.6 is 0 Å². The first kappa shape index (κ1) is 22.7. The van der Waals surface area contributed by atoms with Crippen LogP contribution in [0.15, 0.2) is 41.5 Å². The van der Waals surface area contributed by atoms with Crippen LogP contribution in [0, 0.1) is 11.3 Å². The summed E-state index contributed by atoms with van der Waals surface area (Å²) in [5, 5.41) is 7.12. The molecule has 4 heterocycles. The molecular weight excluding hydrogens is 423 g/mol. The summed E-state index contributed by atoms with van der Waals surface area (Å²) in [5.74, 6) is -2.56. The van der Waals surface area contributed by atoms with Gasteiger partial charge in [0.05, 0.1) is 32.1 Å². The molecule has 2 aliphatic rings. The van der Waals surface area contributed by atoms with Gasteiger partial charge in [0.1, 0.15) is 6.26 Å². The molecule has 0 saturated carbocycles. The quantitative estimate of drug-likeness (QED) is 0.746. The fourth-order valence-electron chi connectivity index (χ4n) is 3.51. The van der Waals surface area contributed by atoms with Crippen molar-refractivity contribution in [2.45, 2.75) is 12.8 Å². The third-order valence-electron chi connectivity index (χ3n) is 5.07. The molecule has 168 valence electrons. The molecule has 1 N–H and O–H groups in total. The average Bonchev–Trinajstić information content (AvgIpc) is 3.44. The molecule has 31 heavy (non-hydrogen) atoms. The summed E-state index contributed by atoms with van der Waals surface area (Å²) < 4.78 is 48.2. The summed E-state index contributed by atoms with van der Waals surface area (Å²) in [7, 11) is 0. The van der Waals surface area contributed by atoms with Crippen LogP contribution in [0.3, 0.4) is 0 Å². The number of aliphatic carboxylic acids is 1. The fraction of sp³-hybridized carbons (Fsp3) is 0.474. The van der Waals surface area contributed by atoms with Gasteiger partial charge in [0.25, 0.3) is 5.91 Å². The molecule has 2 atom stereocenters. The van der Waals surface area contributed by atoms with Gasteiger partial charge in [-0.05, 0) is 12.1 Å². The maximum absolute atomic E-state index is 12.5. The second kappa shape index (κ2) is 9.43. The number of fused-ring (bicyclic) bond motifs is 1. The Bertz CT molecular complexity index is 878. The van der Waals surface area contributed by atoms with Crippen molar-refractivity contribution in [3.8, 4) is 0 Å². The van der Waals surface area contributed by atoms with E-state index in [0.29, 0.717) is 45.2 Å². The molecule has 0 bridgehead atoms. The van der Waals surface area contributed by atoms with Gasteiger partial charge in [0, 0.05) is 30.6 Å². The number of hydrogen-bond donors (Lipinski definition) is 1. The lowest BCUT2D eigenvalue weighted by Gasteiger charge is -2.26. The predicted octanol–water partition coefficient (Wildman–Crippen LogP) is 2.01. The molecule has 0 aromatic carbocycles. The van der Waals surface area contributed by atoms with E-state index < -0.39 is 12.1 Å². The normalized spacial score (nSPS) is 22.5. The van der Waals surface area contributed by atoms with Crippen LogP contribution in [0.5, 0.6) is 0 Å². The highest BCUT2D eigenvalue weighted by Crippen LogP contribution is 2.42. The average molecular weight is 443 g/mol. The maximum Gasteiger partial charge on any atom is 0.490 e. The van der Waals surface area contributed by atoms with Crippen molar-refractivity contribution < 1.29 is 41.8 Å². The van der Waals surface area contributed by atoms with E-state index in [2.05, 4.69) is 9.97 Å². The first-order valence-electron chi connectivity index (χ1n) is 9.24. The van der Waals surface area contributed by atoms with E-state index >= 15 is 0 Å². The van der Waals surface area contributed by atoms with E-state index in [-0.39, 0.29) is 17.2 Å². The molecule has 4 rings (SSSR count). The summed E-state index contributed by atoms with van der Waals surface area (Å²) in [4.78, 5) is 31.4. The van der Waals surface area contributed by atoms with Crippen molar-refractivity contribution >= 4 is 11.9 Å². The molecule has 0 unspecified atom stereocenters. The number of carbonyl (C=O) groups is 2. The number of likely N-dealkylation sites (tertiary alicyclic amines) is 1. The molecule has 0 radical (unpaired) electrons. The fourth-order valence-corrected chi connectivity index (χ4v) is 3.51. The Hall–Kier alpha value is -2.99. The van der Waals surface area contributed by atoms with Crippen molar-refractivity contribution in [3.63, 3.8) is 0 Å². The molecule has 1 amide bonds. The third kappa shape index (κ3) is 5.58. The van der Waals surface area contributed by atoms with E-state index in [9.17, 15) is 18.0 Å². The van der Waals surface area contributed by atoms with Crippen molar-refractivity contribution in [1.82, 2.24) is 14.9 Å². The molecule has 2 aromatic heterocycles. The number of alkyl halides is 3. The highest BCUT2D eigenvalue weighted by Gasteiger charge is 2.52. The Morgan fingerprint density at radius 2 is 2.10 bits per heavy atom. The van der Waals surface area contributed by atoms with Gasteiger partial charge in [-0.3, -0.25) is 9.78 Å². The van der Waals surface area contributed by atoms with Crippen molar-refractivity contribution in [3.05, 3.63) is 48.4 Å². The standard InChI is InChI=1S/C17H19N3O4.C2HF3O2/c21-16(15-8-24-12-19-15)20-5-13-6-22-10-17(13,9-20)11-23-7-14-3-1-2-4-18-14;3-2(4,5)1(6)7/h1-4,8,12-13H,5-7,9-11H2;(H,6,7)/t13-,17+;/m1./s1. The Labute approximate surface area is 174 Å². The van der Waals surface area contributed by atoms with Gasteiger partial charge >= 0.3 is 12.1 Å². The number of carbonyl (C=O) groups excluding carboxylic acids is 1. The predicted molar refractivity (Wildman–Crippen MR) is 96.7 cm³/mol. The van der Waals surface area contributed by atoms with Gasteiger partial charge in [-0.25, -0.2) is 9.78 Å². The topological polar surface area (TPSA) is 115 Å². The largest absolute Gasteiger partial charge is 0.490 e. The minimum Gasteiger partial charge on any atom is -0.475 e. The molecule has 2 saturated heterocycles. The Morgan fingerprint density at radius 1 is 1.32 bits per heavy atom. The van der Waals surface area contributed by atoms with Crippen molar-refractivity contribution in [1.29, 1.82) is 0 Å². The number of hydrogen-bond acceptors (Lipinski definition) is 7. The van der Waals surface area contributed by atoms with Crippen molar-refractivity contribution in [2.24, 2.45) is 11.3 Å². The number of halogens is 3. The molecule has 2 aromatic rings. The number of rotatable bonds is 5. The molecule has 0 aliphatic carbocycles. The van der Waals surface area contributed by atoms with Gasteiger partial charge in [-0.15, -0.1) is 0 Å². The van der Waals surface area contributed by atoms with Crippen LogP contribution in [0.25, 0.3) is 0 Å². The van der Waals surface area contributed by atoms with Crippen LogP contribution in [-0.2, 0) is 20.9 Å². The maximum atomic E-state index is 12.5. The Balaban J connectivity index is 0.000000339. The van der Waals surface area contributed by atoms with Gasteiger partial charge in [0.2, 0.25) is 0 Å². The zero-order valence-electron chi connectivity index (χ0n) is 16.2. The number of nitrogens with zero attached hydrogens (tertiary/aromatic N) is 3. The van der Waals surface area contributed by atoms with Gasteiger partial charge in [-0.1, -0.05) is 6.07 Å². The molecule has 9 nitrogen and oxygen atoms in total. The molecule has 2 aliphatic heterocycles. The lowest BCUT2D eigenvalue weighted by molar-refractivity contribution is -0.192. The lowest BCUT2D eigenvalue weighted by atomic mass is 9.82. The van der Waals surface area contributed by atoms with Crippen LogP contribution in [0.4, 0.5) is 13.2 Å². The van der Waals surface area contributed by atoms with Crippen LogP contribution in [0.1, 0.15) is 16.2 Å². The highest BCUT2D eigenvalue weighted by atomic mass is 19.4. The second-order valence-electron chi connectivity index (χ2n) is 7.25. The smallest absolute Gasteiger partial charge is 0.475 e. The summed E-state index contributed by atoms with van der Waals surface area (Å²) >= 11 is 0. The highest BCUT2D eigenvalue weighted by molar-refractivity contribution is 5.92. The Kier molecular flexibility index (Phi) is 6.91. The summed E-state index contributed by atoms with van der Waals surface area (Å²) in [6.45, 7) is 3.58. The number of carboxylic acid groups (broad SMARTS) is 1. The van der Waals surface area contributed by atoms with Gasteiger partial charge in [0.15, 0.2) is 12.1 Å². The molecule has 2 fully saturated rings. The Morgan fingerprint density at radius 3 is 2.71 bits per heavy atom. The van der Waals surface area contributed by atoms with E-state index in [0.717, 1.165) is 5.69 Å². The first-order chi connectivity index (χ1) is 14.7. The zero-order valence-corrected chi connectivity index (χ0v) is 16.2. The van der Waals surface area contributed by atoms with Crippen molar-refractivity contribution in [2.75, 3.05) is 32.9 Å². The molecule has 0 spiro atoms. The first-order valence-corrected chi connectivity index (χ1v) is 9.24. The lowest BCUT2D eigenvalue weighted by Crippen LogP contribution is -2.37. The van der Waals surface area contributed by atoms with Crippen LogP contribution in [-0.4, -0.2) is 70.9 Å². The summed E-state index contributed by atoms with van der Waals surface area (Å²) in [6.07, 6.45) is -0.664. The number of carboxylic acids is 1. The number of aromatic nitrogens is 2. The number of ether oxygens (including phenoxy) is 2. The van der Waals surface area contributed by atoms with Gasteiger partial charge < -0.3 is 23.9 Å². The van der Waals surface area contributed by atoms with Crippen LogP contribution in [0.2, 0.25) is 0 Å². The van der Waals surface area contributed by atoms with E-state index in [4.69, 9.17) is 23.8 Å². The number of oxazole rings is 1. The van der Waals surface area contributed by atoms with E-state index in [1.54, 1.807) is 6.20 Å². The SMILES string of the molecule is O=C(O)C(F)(F)F.O=C(c1cocn1)N1C[C@@H]2COC[C@]2(COCc2ccccn2)C1. The molecule has 12 heteroatoms. The second-order valence-corrected chi connectivity index (χ2v) is 7.25. The van der Waals surface area contributed by atoms with E-state index in [1.165, 1.54) is 12.7 Å². The van der Waals surface area contributed by atoms with Gasteiger partial charge in [-0.2, -0.15) is 13.2 Å². The number of amides is 1. The third-order valence-corrected chi connectivity index (χ3v) is 5.07. The van der Waals surface area contributed by atoms with E-state index in [1.807, 2.05) is 23.1 Å². The zero-order chi connectivity index (χ0) is 22.5. The minimum absolute atomic E-state index is 0.0951. The minimum atomic E-state index is -5.08. The summed E-state index contributed by atoms with van der Waals surface area (Å²) in [5.41, 5.74) is 1.10. The van der Waals surface area contributed by atoms with Crippen LogP contribution < -0.4 is 0 Å².